The van der Waals surface area contributed by atoms with Crippen LogP contribution in [0.5, 0.6) is 5.75 Å². The quantitative estimate of drug-likeness (QED) is 0.664. The van der Waals surface area contributed by atoms with Crippen LogP contribution in [0.4, 0.5) is 0 Å². The number of nitrogens with zero attached hydrogens (tertiary/aromatic N) is 1. The number of unbranched alkanes of at least 4 members (excludes halogenated alkanes) is 1. The molecule has 1 aromatic carbocycles. The third-order valence-electron chi connectivity index (χ3n) is 3.28. The van der Waals surface area contributed by atoms with Crippen molar-refractivity contribution in [1.82, 2.24) is 0 Å². The zero-order valence-electron chi connectivity index (χ0n) is 11.7. The van der Waals surface area contributed by atoms with E-state index in [9.17, 15) is 4.79 Å². The van der Waals surface area contributed by atoms with Crippen LogP contribution >= 0.6 is 0 Å². The average Bonchev–Trinajstić information content (AvgIpc) is 2.47. The van der Waals surface area contributed by atoms with Crippen molar-refractivity contribution in [3.05, 3.63) is 29.3 Å². The number of hydrogen-bond donors (Lipinski definition) is 0. The van der Waals surface area contributed by atoms with E-state index in [2.05, 4.69) is 19.9 Å². The van der Waals surface area contributed by atoms with Crippen LogP contribution in [0, 0.1) is 17.2 Å². The molecule has 1 unspecified atom stereocenters. The molecule has 0 saturated carbocycles. The Bertz CT molecular complexity index is 449. The maximum atomic E-state index is 10.7. The van der Waals surface area contributed by atoms with Gasteiger partial charge in [-0.15, -0.1) is 0 Å². The maximum Gasteiger partial charge on any atom is 0.150 e. The first-order valence-corrected chi connectivity index (χ1v) is 6.87. The molecule has 0 aliphatic heterocycles. The van der Waals surface area contributed by atoms with E-state index < -0.39 is 0 Å². The Morgan fingerprint density at radius 2 is 2.21 bits per heavy atom. The molecule has 1 rings (SSSR count). The summed E-state index contributed by atoms with van der Waals surface area (Å²) in [5, 5.41) is 9.06. The number of ether oxygens (including phenoxy) is 1. The van der Waals surface area contributed by atoms with Crippen LogP contribution in [-0.4, -0.2) is 12.9 Å². The second-order valence-electron chi connectivity index (χ2n) is 4.71. The van der Waals surface area contributed by atoms with Gasteiger partial charge in [-0.05, 0) is 30.5 Å². The van der Waals surface area contributed by atoms with E-state index in [1.54, 1.807) is 18.2 Å². The molecule has 0 aliphatic carbocycles. The Balaban J connectivity index is 2.66. The van der Waals surface area contributed by atoms with Crippen molar-refractivity contribution < 1.29 is 9.53 Å². The maximum absolute atomic E-state index is 10.7. The Morgan fingerprint density at radius 1 is 1.42 bits per heavy atom. The molecule has 0 spiro atoms. The number of carbonyl (C=O) groups excluding carboxylic acids is 1. The van der Waals surface area contributed by atoms with Gasteiger partial charge in [0.2, 0.25) is 0 Å². The van der Waals surface area contributed by atoms with Crippen molar-refractivity contribution in [1.29, 1.82) is 5.26 Å². The smallest absolute Gasteiger partial charge is 0.150 e. The van der Waals surface area contributed by atoms with E-state index in [1.807, 2.05) is 0 Å². The highest BCUT2D eigenvalue weighted by Crippen LogP contribution is 2.21. The number of rotatable bonds is 8. The van der Waals surface area contributed by atoms with Gasteiger partial charge in [-0.1, -0.05) is 33.1 Å². The molecule has 102 valence electrons. The van der Waals surface area contributed by atoms with Crippen LogP contribution in [0.15, 0.2) is 18.2 Å². The number of aldehydes is 1. The van der Waals surface area contributed by atoms with Gasteiger partial charge in [-0.3, -0.25) is 4.79 Å². The summed E-state index contributed by atoms with van der Waals surface area (Å²) in [7, 11) is 0. The summed E-state index contributed by atoms with van der Waals surface area (Å²) in [6, 6.07) is 7.02. The van der Waals surface area contributed by atoms with Gasteiger partial charge in [0, 0.05) is 5.56 Å². The fraction of sp³-hybridized carbons (Fsp3) is 0.500. The van der Waals surface area contributed by atoms with Gasteiger partial charge in [0.25, 0.3) is 0 Å². The highest BCUT2D eigenvalue weighted by Gasteiger charge is 2.09. The van der Waals surface area contributed by atoms with Crippen LogP contribution in [0.1, 0.15) is 55.5 Å². The normalized spacial score (nSPS) is 11.6. The lowest BCUT2D eigenvalue weighted by Gasteiger charge is -2.16. The second-order valence-corrected chi connectivity index (χ2v) is 4.71. The molecule has 19 heavy (non-hydrogen) atoms. The van der Waals surface area contributed by atoms with Crippen molar-refractivity contribution in [2.24, 2.45) is 5.92 Å². The fourth-order valence-electron chi connectivity index (χ4n) is 1.94. The van der Waals surface area contributed by atoms with Crippen LogP contribution in [-0.2, 0) is 0 Å². The fourth-order valence-corrected chi connectivity index (χ4v) is 1.94. The lowest BCUT2D eigenvalue weighted by molar-refractivity contribution is 0.112. The molecule has 3 heteroatoms. The predicted octanol–water partition coefficient (Wildman–Crippen LogP) is 3.97. The molecular weight excluding hydrogens is 238 g/mol. The van der Waals surface area contributed by atoms with Crippen molar-refractivity contribution >= 4 is 6.29 Å². The molecule has 0 aromatic heterocycles. The zero-order chi connectivity index (χ0) is 14.1. The predicted molar refractivity (Wildman–Crippen MR) is 75.3 cm³/mol. The Morgan fingerprint density at radius 3 is 2.79 bits per heavy atom. The van der Waals surface area contributed by atoms with Crippen molar-refractivity contribution in [3.63, 3.8) is 0 Å². The first kappa shape index (κ1) is 15.2. The standard InChI is InChI=1S/C16H21NO2/c1-3-5-6-13(4-2)12-19-16-8-7-14(11-18)9-15(16)10-17/h7-9,11,13H,3-6,12H2,1-2H3. The summed E-state index contributed by atoms with van der Waals surface area (Å²) in [6.07, 6.45) is 5.36. The SMILES string of the molecule is CCCCC(CC)COc1ccc(C=O)cc1C#N. The van der Waals surface area contributed by atoms with E-state index in [-0.39, 0.29) is 0 Å². The van der Waals surface area contributed by atoms with E-state index in [4.69, 9.17) is 10.00 Å². The summed E-state index contributed by atoms with van der Waals surface area (Å²) in [4.78, 5) is 10.7. The lowest BCUT2D eigenvalue weighted by atomic mass is 10.0. The van der Waals surface area contributed by atoms with Crippen LogP contribution in [0.3, 0.4) is 0 Å². The van der Waals surface area contributed by atoms with E-state index in [1.165, 1.54) is 12.8 Å². The summed E-state index contributed by atoms with van der Waals surface area (Å²) in [6.45, 7) is 4.97. The summed E-state index contributed by atoms with van der Waals surface area (Å²) < 4.78 is 5.74. The minimum Gasteiger partial charge on any atom is -0.492 e. The van der Waals surface area contributed by atoms with Gasteiger partial charge in [-0.2, -0.15) is 5.26 Å². The van der Waals surface area contributed by atoms with E-state index in [0.29, 0.717) is 29.4 Å². The topological polar surface area (TPSA) is 50.1 Å². The van der Waals surface area contributed by atoms with Gasteiger partial charge in [0.05, 0.1) is 12.2 Å². The molecule has 0 radical (unpaired) electrons. The third-order valence-corrected chi connectivity index (χ3v) is 3.28. The van der Waals surface area contributed by atoms with Gasteiger partial charge < -0.3 is 4.74 Å². The molecule has 1 aromatic rings. The molecule has 0 heterocycles. The third kappa shape index (κ3) is 4.75. The lowest BCUT2D eigenvalue weighted by Crippen LogP contribution is -2.12. The monoisotopic (exact) mass is 259 g/mol. The zero-order valence-corrected chi connectivity index (χ0v) is 11.7. The first-order chi connectivity index (χ1) is 9.24. The van der Waals surface area contributed by atoms with Crippen LogP contribution in [0.25, 0.3) is 0 Å². The summed E-state index contributed by atoms with van der Waals surface area (Å²) >= 11 is 0. The molecule has 0 fully saturated rings. The second kappa shape index (κ2) is 8.31. The molecule has 1 atom stereocenters. The molecule has 0 aliphatic rings. The van der Waals surface area contributed by atoms with Crippen molar-refractivity contribution in [2.75, 3.05) is 6.61 Å². The summed E-state index contributed by atoms with van der Waals surface area (Å²) in [5.41, 5.74) is 0.928. The number of hydrogen-bond acceptors (Lipinski definition) is 3. The largest absolute Gasteiger partial charge is 0.492 e. The molecule has 0 saturated heterocycles. The van der Waals surface area contributed by atoms with E-state index >= 15 is 0 Å². The highest BCUT2D eigenvalue weighted by molar-refractivity contribution is 5.76. The van der Waals surface area contributed by atoms with Gasteiger partial charge in [-0.25, -0.2) is 0 Å². The minimum absolute atomic E-state index is 0.426. The molecule has 3 nitrogen and oxygen atoms in total. The van der Waals surface area contributed by atoms with Gasteiger partial charge in [0.1, 0.15) is 18.1 Å². The minimum atomic E-state index is 0.426. The van der Waals surface area contributed by atoms with Crippen LogP contribution < -0.4 is 4.74 Å². The molecule has 0 N–H and O–H groups in total. The number of carbonyl (C=O) groups is 1. The Labute approximate surface area is 115 Å². The molecule has 0 bridgehead atoms. The highest BCUT2D eigenvalue weighted by atomic mass is 16.5. The first-order valence-electron chi connectivity index (χ1n) is 6.87. The number of benzene rings is 1. The van der Waals surface area contributed by atoms with Crippen molar-refractivity contribution in [2.45, 2.75) is 39.5 Å². The molecular formula is C16H21NO2. The van der Waals surface area contributed by atoms with Gasteiger partial charge in [0.15, 0.2) is 0 Å². The molecule has 0 amide bonds. The number of nitriles is 1. The van der Waals surface area contributed by atoms with E-state index in [0.717, 1.165) is 19.1 Å². The van der Waals surface area contributed by atoms with Crippen molar-refractivity contribution in [3.8, 4) is 11.8 Å². The Kier molecular flexibility index (Phi) is 6.67. The Hall–Kier alpha value is -1.82. The van der Waals surface area contributed by atoms with Gasteiger partial charge >= 0.3 is 0 Å². The summed E-state index contributed by atoms with van der Waals surface area (Å²) in [5.74, 6) is 1.10. The van der Waals surface area contributed by atoms with Crippen LogP contribution in [0.2, 0.25) is 0 Å². The average molecular weight is 259 g/mol.